The van der Waals surface area contributed by atoms with Gasteiger partial charge in [-0.05, 0) is 57.3 Å². The highest BCUT2D eigenvalue weighted by Gasteiger charge is 2.43. The van der Waals surface area contributed by atoms with E-state index in [0.717, 1.165) is 18.8 Å². The number of carbonyl (C=O) groups is 6. The number of hydrogen-bond donors (Lipinski definition) is 5. The van der Waals surface area contributed by atoms with E-state index in [-0.39, 0.29) is 24.3 Å². The van der Waals surface area contributed by atoms with Crippen molar-refractivity contribution in [3.05, 3.63) is 0 Å². The molecule has 6 amide bonds. The molecule has 6 N–H and O–H groups in total. The Bertz CT molecular complexity index is 958. The lowest BCUT2D eigenvalue weighted by atomic mass is 9.85. The summed E-state index contributed by atoms with van der Waals surface area (Å²) in [5, 5.41) is 10.6. The number of primary amides is 1. The summed E-state index contributed by atoms with van der Waals surface area (Å²) >= 11 is 0. The smallest absolute Gasteiger partial charge is 0.316 e. The standard InChI is InChI=1S/C27H48N6O6.C4H10/c1-9-11-16(4)14-18(20(34)22(28)35)31-24(37)19-12-10-13-33(19)25(38)21(27(6,7)8)32-26(39)30-17(5)23(36)29-15(2)3;1-4(2)3/h15-19,21H,9-14H2,1-8H3,(H2,28,35)(H,29,36)(H,31,37)(H2,30,32,39);4H,1-3H3/t16?,17?,18?,19-,21?;/m0./s1. The second-order valence-electron chi connectivity index (χ2n) is 13.6. The third kappa shape index (κ3) is 14.7. The lowest BCUT2D eigenvalue weighted by Crippen LogP contribution is -2.61. The fourth-order valence-corrected chi connectivity index (χ4v) is 4.65. The Balaban J connectivity index is 0.00000413. The third-order valence-corrected chi connectivity index (χ3v) is 6.69. The molecule has 0 saturated carbocycles. The molecule has 248 valence electrons. The van der Waals surface area contributed by atoms with Crippen molar-refractivity contribution in [2.75, 3.05) is 6.54 Å². The molecule has 12 nitrogen and oxygen atoms in total. The van der Waals surface area contributed by atoms with E-state index in [1.807, 2.05) is 13.8 Å². The lowest BCUT2D eigenvalue weighted by molar-refractivity contribution is -0.143. The van der Waals surface area contributed by atoms with Crippen molar-refractivity contribution >= 4 is 35.4 Å². The SMILES string of the molecule is CC(C)C.CCCC(C)CC(NC(=O)[C@@H]1CCCN1C(=O)C(NC(=O)NC(C)C(=O)NC(C)C)C(C)(C)C)C(=O)C(N)=O. The largest absolute Gasteiger partial charge is 0.363 e. The highest BCUT2D eigenvalue weighted by atomic mass is 16.2. The van der Waals surface area contributed by atoms with Crippen molar-refractivity contribution in [1.82, 2.24) is 26.2 Å². The highest BCUT2D eigenvalue weighted by Crippen LogP contribution is 2.26. The molecule has 43 heavy (non-hydrogen) atoms. The molecule has 0 radical (unpaired) electrons. The molecule has 0 bridgehead atoms. The molecule has 1 rings (SSSR count). The summed E-state index contributed by atoms with van der Waals surface area (Å²) in [5.41, 5.74) is 4.51. The summed E-state index contributed by atoms with van der Waals surface area (Å²) < 4.78 is 0. The maximum Gasteiger partial charge on any atom is 0.316 e. The minimum absolute atomic E-state index is 0.0721. The van der Waals surface area contributed by atoms with Crippen molar-refractivity contribution in [3.8, 4) is 0 Å². The first-order valence-electron chi connectivity index (χ1n) is 15.5. The van der Waals surface area contributed by atoms with Crippen molar-refractivity contribution < 1.29 is 28.8 Å². The van der Waals surface area contributed by atoms with E-state index in [1.54, 1.807) is 34.6 Å². The second-order valence-corrected chi connectivity index (χ2v) is 13.6. The Kier molecular flexibility index (Phi) is 17.1. The van der Waals surface area contributed by atoms with E-state index in [9.17, 15) is 28.8 Å². The van der Waals surface area contributed by atoms with Crippen LogP contribution in [-0.4, -0.2) is 77.1 Å². The third-order valence-electron chi connectivity index (χ3n) is 6.69. The zero-order chi connectivity index (χ0) is 33.7. The van der Waals surface area contributed by atoms with Crippen LogP contribution in [0.2, 0.25) is 0 Å². The van der Waals surface area contributed by atoms with Gasteiger partial charge in [-0.3, -0.25) is 24.0 Å². The van der Waals surface area contributed by atoms with Crippen LogP contribution in [0.5, 0.6) is 0 Å². The molecule has 1 fully saturated rings. The van der Waals surface area contributed by atoms with Gasteiger partial charge in [0.1, 0.15) is 18.1 Å². The number of nitrogens with two attached hydrogens (primary N) is 1. The van der Waals surface area contributed by atoms with Gasteiger partial charge in [0.25, 0.3) is 5.91 Å². The van der Waals surface area contributed by atoms with Gasteiger partial charge < -0.3 is 31.9 Å². The monoisotopic (exact) mass is 610 g/mol. The molecular formula is C31H58N6O6. The Morgan fingerprint density at radius 2 is 1.44 bits per heavy atom. The molecule has 0 aromatic rings. The minimum atomic E-state index is -1.12. The molecule has 1 aliphatic heterocycles. The van der Waals surface area contributed by atoms with Gasteiger partial charge in [0.15, 0.2) is 0 Å². The number of likely N-dealkylation sites (tertiary alicyclic amines) is 1. The molecule has 1 aliphatic rings. The first-order chi connectivity index (χ1) is 19.7. The van der Waals surface area contributed by atoms with Crippen LogP contribution in [0.15, 0.2) is 0 Å². The second kappa shape index (κ2) is 18.5. The molecule has 4 unspecified atom stereocenters. The molecule has 0 spiro atoms. The fraction of sp³-hybridized carbons (Fsp3) is 0.806. The van der Waals surface area contributed by atoms with Crippen LogP contribution in [0.4, 0.5) is 4.79 Å². The van der Waals surface area contributed by atoms with E-state index < -0.39 is 59.1 Å². The maximum absolute atomic E-state index is 13.7. The van der Waals surface area contributed by atoms with Gasteiger partial charge >= 0.3 is 6.03 Å². The number of nitrogens with zero attached hydrogens (tertiary/aromatic N) is 1. The molecule has 12 heteroatoms. The molecule has 0 aromatic carbocycles. The summed E-state index contributed by atoms with van der Waals surface area (Å²) in [6.07, 6.45) is 2.88. The normalized spacial score (nSPS) is 17.6. The average molecular weight is 611 g/mol. The van der Waals surface area contributed by atoms with Crippen LogP contribution < -0.4 is 27.0 Å². The number of hydrogen-bond acceptors (Lipinski definition) is 6. The summed E-state index contributed by atoms with van der Waals surface area (Å²) in [4.78, 5) is 77.4. The van der Waals surface area contributed by atoms with E-state index >= 15 is 0 Å². The first-order valence-corrected chi connectivity index (χ1v) is 15.5. The summed E-state index contributed by atoms with van der Waals surface area (Å²) in [7, 11) is 0. The average Bonchev–Trinajstić information content (AvgIpc) is 3.35. The highest BCUT2D eigenvalue weighted by molar-refractivity contribution is 6.37. The summed E-state index contributed by atoms with van der Waals surface area (Å²) in [6.45, 7) is 21.2. The van der Waals surface area contributed by atoms with Gasteiger partial charge in [0.05, 0.1) is 6.04 Å². The zero-order valence-corrected chi connectivity index (χ0v) is 28.3. The Morgan fingerprint density at radius 3 is 1.91 bits per heavy atom. The number of ketones is 1. The molecular weight excluding hydrogens is 552 g/mol. The number of rotatable bonds is 13. The minimum Gasteiger partial charge on any atom is -0.363 e. The number of nitrogens with one attached hydrogen (secondary N) is 4. The van der Waals surface area contributed by atoms with Gasteiger partial charge in [-0.2, -0.15) is 0 Å². The zero-order valence-electron chi connectivity index (χ0n) is 28.3. The fourth-order valence-electron chi connectivity index (χ4n) is 4.65. The Labute approximate surface area is 258 Å². The lowest BCUT2D eigenvalue weighted by Gasteiger charge is -2.36. The van der Waals surface area contributed by atoms with Gasteiger partial charge in [-0.25, -0.2) is 4.79 Å². The first kappa shape index (κ1) is 39.8. The number of carbonyl (C=O) groups excluding carboxylic acids is 6. The van der Waals surface area contributed by atoms with Crippen LogP contribution in [0.1, 0.15) is 108 Å². The van der Waals surface area contributed by atoms with Crippen LogP contribution in [-0.2, 0) is 24.0 Å². The van der Waals surface area contributed by atoms with Gasteiger partial charge in [-0.1, -0.05) is 68.2 Å². The molecule has 0 aliphatic carbocycles. The maximum atomic E-state index is 13.7. The van der Waals surface area contributed by atoms with Crippen molar-refractivity contribution in [1.29, 1.82) is 0 Å². The van der Waals surface area contributed by atoms with Crippen LogP contribution in [0.3, 0.4) is 0 Å². The quantitative estimate of drug-likeness (QED) is 0.200. The molecule has 0 aromatic heterocycles. The van der Waals surface area contributed by atoms with Crippen LogP contribution >= 0.6 is 0 Å². The molecule has 1 saturated heterocycles. The van der Waals surface area contributed by atoms with Gasteiger partial charge in [0.2, 0.25) is 23.5 Å². The molecule has 1 heterocycles. The van der Waals surface area contributed by atoms with E-state index in [4.69, 9.17) is 5.73 Å². The topological polar surface area (TPSA) is 180 Å². The summed E-state index contributed by atoms with van der Waals surface area (Å²) in [6, 6.07) is -4.56. The van der Waals surface area contributed by atoms with E-state index in [2.05, 4.69) is 42.0 Å². The number of amides is 6. The Hall–Kier alpha value is -3.18. The van der Waals surface area contributed by atoms with Crippen LogP contribution in [0.25, 0.3) is 0 Å². The van der Waals surface area contributed by atoms with Crippen molar-refractivity contribution in [2.24, 2.45) is 23.0 Å². The summed E-state index contributed by atoms with van der Waals surface area (Å²) in [5.74, 6) is -2.44. The van der Waals surface area contributed by atoms with Crippen LogP contribution in [0, 0.1) is 17.3 Å². The van der Waals surface area contributed by atoms with Gasteiger partial charge in [0, 0.05) is 12.6 Å². The molecule has 5 atom stereocenters. The van der Waals surface area contributed by atoms with E-state index in [1.165, 1.54) is 11.8 Å². The predicted molar refractivity (Wildman–Crippen MR) is 168 cm³/mol. The van der Waals surface area contributed by atoms with Gasteiger partial charge in [-0.15, -0.1) is 0 Å². The van der Waals surface area contributed by atoms with Crippen molar-refractivity contribution in [3.63, 3.8) is 0 Å². The van der Waals surface area contributed by atoms with E-state index in [0.29, 0.717) is 19.4 Å². The Morgan fingerprint density at radius 1 is 0.884 bits per heavy atom. The number of Topliss-reactive ketones (excluding diaryl/α,β-unsaturated/α-hetero) is 1. The van der Waals surface area contributed by atoms with Crippen molar-refractivity contribution in [2.45, 2.75) is 138 Å². The number of urea groups is 1. The predicted octanol–water partition coefficient (Wildman–Crippen LogP) is 2.63.